The fourth-order valence-electron chi connectivity index (χ4n) is 1.35. The van der Waals surface area contributed by atoms with Crippen LogP contribution in [-0.4, -0.2) is 5.78 Å². The summed E-state index contributed by atoms with van der Waals surface area (Å²) in [6.45, 7) is 3.56. The van der Waals surface area contributed by atoms with Crippen molar-refractivity contribution in [1.82, 2.24) is 0 Å². The smallest absolute Gasteiger partial charge is 0.159 e. The topological polar surface area (TPSA) is 17.1 Å². The monoisotopic (exact) mass is 194 g/mol. The van der Waals surface area contributed by atoms with E-state index in [9.17, 15) is 9.18 Å². The van der Waals surface area contributed by atoms with Gasteiger partial charge in [-0.2, -0.15) is 0 Å². The predicted molar refractivity (Wildman–Crippen MR) is 55.0 cm³/mol. The van der Waals surface area contributed by atoms with Gasteiger partial charge in [-0.15, -0.1) is 0 Å². The van der Waals surface area contributed by atoms with Crippen LogP contribution in [0.3, 0.4) is 0 Å². The number of carbonyl (C=O) groups is 1. The number of rotatable bonds is 4. The molecule has 0 aliphatic carbocycles. The van der Waals surface area contributed by atoms with E-state index in [2.05, 4.69) is 6.92 Å². The van der Waals surface area contributed by atoms with Crippen molar-refractivity contribution in [2.75, 3.05) is 0 Å². The average molecular weight is 194 g/mol. The van der Waals surface area contributed by atoms with Gasteiger partial charge in [0.1, 0.15) is 5.82 Å². The van der Waals surface area contributed by atoms with Crippen LogP contribution in [0.25, 0.3) is 0 Å². The summed E-state index contributed by atoms with van der Waals surface area (Å²) < 4.78 is 13.2. The van der Waals surface area contributed by atoms with E-state index in [1.807, 2.05) is 0 Å². The number of hydrogen-bond donors (Lipinski definition) is 0. The third kappa shape index (κ3) is 2.66. The highest BCUT2D eigenvalue weighted by Crippen LogP contribution is 2.13. The van der Waals surface area contributed by atoms with Crippen LogP contribution < -0.4 is 0 Å². The molecule has 0 N–H and O–H groups in total. The number of halogens is 1. The van der Waals surface area contributed by atoms with Crippen molar-refractivity contribution >= 4 is 5.78 Å². The van der Waals surface area contributed by atoms with Crippen LogP contribution in [0.5, 0.6) is 0 Å². The van der Waals surface area contributed by atoms with Gasteiger partial charge in [0.25, 0.3) is 0 Å². The second-order valence-corrected chi connectivity index (χ2v) is 3.47. The molecule has 1 aromatic rings. The SMILES string of the molecule is CCCCc1cc(C(C)=O)ccc1F. The Balaban J connectivity index is 2.90. The molecule has 14 heavy (non-hydrogen) atoms. The highest BCUT2D eigenvalue weighted by atomic mass is 19.1. The number of aryl methyl sites for hydroxylation is 1. The summed E-state index contributed by atoms with van der Waals surface area (Å²) in [7, 11) is 0. The van der Waals surface area contributed by atoms with Gasteiger partial charge in [0.15, 0.2) is 5.78 Å². The molecule has 0 unspecified atom stereocenters. The minimum Gasteiger partial charge on any atom is -0.295 e. The normalized spacial score (nSPS) is 10.2. The van der Waals surface area contributed by atoms with E-state index in [0.717, 1.165) is 12.8 Å². The lowest BCUT2D eigenvalue weighted by Gasteiger charge is -2.03. The minimum atomic E-state index is -0.205. The maximum Gasteiger partial charge on any atom is 0.159 e. The molecular formula is C12H15FO. The Bertz CT molecular complexity index is 331. The molecule has 0 heterocycles. The van der Waals surface area contributed by atoms with Crippen molar-refractivity contribution < 1.29 is 9.18 Å². The van der Waals surface area contributed by atoms with E-state index in [-0.39, 0.29) is 11.6 Å². The summed E-state index contributed by atoms with van der Waals surface area (Å²) >= 11 is 0. The fourth-order valence-corrected chi connectivity index (χ4v) is 1.35. The van der Waals surface area contributed by atoms with E-state index >= 15 is 0 Å². The molecule has 0 bridgehead atoms. The Morgan fingerprint density at radius 3 is 2.71 bits per heavy atom. The lowest BCUT2D eigenvalue weighted by molar-refractivity contribution is 0.101. The summed E-state index contributed by atoms with van der Waals surface area (Å²) in [5, 5.41) is 0. The first-order valence-corrected chi connectivity index (χ1v) is 4.94. The van der Waals surface area contributed by atoms with Crippen LogP contribution in [0, 0.1) is 5.82 Å². The van der Waals surface area contributed by atoms with Crippen LogP contribution in [0.15, 0.2) is 18.2 Å². The first-order chi connectivity index (χ1) is 6.65. The molecule has 0 saturated heterocycles. The number of hydrogen-bond acceptors (Lipinski definition) is 1. The highest BCUT2D eigenvalue weighted by Gasteiger charge is 2.05. The van der Waals surface area contributed by atoms with Gasteiger partial charge in [0.05, 0.1) is 0 Å². The molecule has 0 spiro atoms. The number of carbonyl (C=O) groups excluding carboxylic acids is 1. The molecule has 2 heteroatoms. The van der Waals surface area contributed by atoms with Crippen molar-refractivity contribution in [3.63, 3.8) is 0 Å². The number of ketones is 1. The molecule has 1 nitrogen and oxygen atoms in total. The highest BCUT2D eigenvalue weighted by molar-refractivity contribution is 5.94. The maximum atomic E-state index is 13.2. The molecule has 0 aliphatic rings. The number of benzene rings is 1. The lowest BCUT2D eigenvalue weighted by atomic mass is 10.0. The van der Waals surface area contributed by atoms with Crippen LogP contribution in [0.2, 0.25) is 0 Å². The van der Waals surface area contributed by atoms with Gasteiger partial charge in [-0.3, -0.25) is 4.79 Å². The molecule has 0 radical (unpaired) electrons. The summed E-state index contributed by atoms with van der Waals surface area (Å²) in [6, 6.07) is 4.57. The van der Waals surface area contributed by atoms with Crippen molar-refractivity contribution in [2.24, 2.45) is 0 Å². The summed E-state index contributed by atoms with van der Waals surface area (Å²) in [6.07, 6.45) is 2.70. The zero-order chi connectivity index (χ0) is 10.6. The summed E-state index contributed by atoms with van der Waals surface area (Å²) in [5.41, 5.74) is 1.25. The van der Waals surface area contributed by atoms with Crippen molar-refractivity contribution in [2.45, 2.75) is 33.1 Å². The van der Waals surface area contributed by atoms with Crippen molar-refractivity contribution in [1.29, 1.82) is 0 Å². The van der Waals surface area contributed by atoms with Gasteiger partial charge in [-0.1, -0.05) is 13.3 Å². The van der Waals surface area contributed by atoms with Gasteiger partial charge in [0.2, 0.25) is 0 Å². The standard InChI is InChI=1S/C12H15FO/c1-3-4-5-11-8-10(9(2)14)6-7-12(11)13/h6-8H,3-5H2,1-2H3. The molecule has 76 valence electrons. The van der Waals surface area contributed by atoms with Crippen LogP contribution in [0.1, 0.15) is 42.6 Å². The lowest BCUT2D eigenvalue weighted by Crippen LogP contribution is -1.97. The van der Waals surface area contributed by atoms with Crippen molar-refractivity contribution in [3.05, 3.63) is 35.1 Å². The molecule has 1 aromatic carbocycles. The average Bonchev–Trinajstić information content (AvgIpc) is 2.16. The molecule has 0 aliphatic heterocycles. The van der Waals surface area contributed by atoms with Gasteiger partial charge in [-0.25, -0.2) is 4.39 Å². The van der Waals surface area contributed by atoms with E-state index in [0.29, 0.717) is 17.5 Å². The van der Waals surface area contributed by atoms with Crippen LogP contribution in [-0.2, 0) is 6.42 Å². The Labute approximate surface area is 83.9 Å². The number of unbranched alkanes of at least 4 members (excludes halogenated alkanes) is 1. The van der Waals surface area contributed by atoms with Crippen LogP contribution in [0.4, 0.5) is 4.39 Å². The fraction of sp³-hybridized carbons (Fsp3) is 0.417. The Kier molecular flexibility index (Phi) is 3.81. The van der Waals surface area contributed by atoms with Gasteiger partial charge in [-0.05, 0) is 43.5 Å². The molecule has 1 rings (SSSR count). The molecule has 0 amide bonds. The third-order valence-electron chi connectivity index (χ3n) is 2.25. The minimum absolute atomic E-state index is 0.0113. The van der Waals surface area contributed by atoms with E-state index in [4.69, 9.17) is 0 Å². The van der Waals surface area contributed by atoms with Gasteiger partial charge in [0, 0.05) is 5.56 Å². The zero-order valence-electron chi connectivity index (χ0n) is 8.64. The van der Waals surface area contributed by atoms with Crippen LogP contribution >= 0.6 is 0 Å². The van der Waals surface area contributed by atoms with E-state index in [1.165, 1.54) is 19.1 Å². The van der Waals surface area contributed by atoms with Gasteiger partial charge >= 0.3 is 0 Å². The summed E-state index contributed by atoms with van der Waals surface area (Å²) in [5.74, 6) is -0.216. The molecule has 0 fully saturated rings. The van der Waals surface area contributed by atoms with E-state index in [1.54, 1.807) is 6.07 Å². The molecular weight excluding hydrogens is 179 g/mol. The van der Waals surface area contributed by atoms with Crippen molar-refractivity contribution in [3.8, 4) is 0 Å². The Hall–Kier alpha value is -1.18. The second-order valence-electron chi connectivity index (χ2n) is 3.47. The first kappa shape index (κ1) is 10.9. The first-order valence-electron chi connectivity index (χ1n) is 4.94. The van der Waals surface area contributed by atoms with E-state index < -0.39 is 0 Å². The zero-order valence-corrected chi connectivity index (χ0v) is 8.64. The largest absolute Gasteiger partial charge is 0.295 e. The maximum absolute atomic E-state index is 13.2. The number of Topliss-reactive ketones (excluding diaryl/α,β-unsaturated/α-hetero) is 1. The predicted octanol–water partition coefficient (Wildman–Crippen LogP) is 3.37. The quantitative estimate of drug-likeness (QED) is 0.671. The molecule has 0 saturated carbocycles. The third-order valence-corrected chi connectivity index (χ3v) is 2.25. The molecule has 0 aromatic heterocycles. The molecule has 0 atom stereocenters. The Morgan fingerprint density at radius 2 is 2.14 bits per heavy atom. The Morgan fingerprint density at radius 1 is 1.43 bits per heavy atom. The second kappa shape index (κ2) is 4.89. The van der Waals surface area contributed by atoms with Gasteiger partial charge < -0.3 is 0 Å². The summed E-state index contributed by atoms with van der Waals surface area (Å²) in [4.78, 5) is 11.1.